The highest BCUT2D eigenvalue weighted by atomic mass is 32.1. The van der Waals surface area contributed by atoms with Gasteiger partial charge in [0.25, 0.3) is 0 Å². The minimum atomic E-state index is -0.733. The van der Waals surface area contributed by atoms with Gasteiger partial charge in [-0.2, -0.15) is 0 Å². The Bertz CT molecular complexity index is 1400. The maximum atomic E-state index is 14.3. The number of carbonyl (C=O) groups is 2. The van der Waals surface area contributed by atoms with Crippen LogP contribution in [0.2, 0.25) is 0 Å². The summed E-state index contributed by atoms with van der Waals surface area (Å²) in [5.74, 6) is 0.0895. The minimum absolute atomic E-state index is 0.110. The van der Waals surface area contributed by atoms with Gasteiger partial charge in [0.2, 0.25) is 11.8 Å². The number of rotatable bonds is 11. The first-order valence-corrected chi connectivity index (χ1v) is 15.3. The molecule has 8 nitrogen and oxygen atoms in total. The molecule has 9 heteroatoms. The highest BCUT2D eigenvalue weighted by Gasteiger charge is 2.45. The van der Waals surface area contributed by atoms with Gasteiger partial charge in [0.1, 0.15) is 18.2 Å². The quantitative estimate of drug-likeness (QED) is 0.221. The van der Waals surface area contributed by atoms with Crippen molar-refractivity contribution in [3.63, 3.8) is 0 Å². The van der Waals surface area contributed by atoms with Gasteiger partial charge in [0.05, 0.1) is 19.3 Å². The van der Waals surface area contributed by atoms with Gasteiger partial charge in [0.15, 0.2) is 5.13 Å². The van der Waals surface area contributed by atoms with Crippen molar-refractivity contribution in [2.24, 2.45) is 5.92 Å². The van der Waals surface area contributed by atoms with Gasteiger partial charge in [-0.15, -0.1) is 17.9 Å². The number of esters is 1. The topological polar surface area (TPSA) is 93.7 Å². The summed E-state index contributed by atoms with van der Waals surface area (Å²) in [6, 6.07) is 6.70. The summed E-state index contributed by atoms with van der Waals surface area (Å²) < 4.78 is 11.5. The first kappa shape index (κ1) is 28.8. The first-order chi connectivity index (χ1) is 20.0. The van der Waals surface area contributed by atoms with Crippen molar-refractivity contribution in [3.8, 4) is 5.88 Å². The number of methoxy groups -OCH3 is 1. The van der Waals surface area contributed by atoms with E-state index in [1.54, 1.807) is 17.2 Å². The number of nitrogens with one attached hydrogen (secondary N) is 1. The van der Waals surface area contributed by atoms with Crippen LogP contribution in [0.15, 0.2) is 55.1 Å². The molecular formula is C32H38N4O4S. The lowest BCUT2D eigenvalue weighted by Gasteiger charge is -2.34. The van der Waals surface area contributed by atoms with Crippen LogP contribution >= 0.6 is 11.3 Å². The Morgan fingerprint density at radius 2 is 2.05 bits per heavy atom. The first-order valence-electron chi connectivity index (χ1n) is 14.4. The molecule has 2 fully saturated rings. The van der Waals surface area contributed by atoms with Crippen molar-refractivity contribution in [3.05, 3.63) is 66.3 Å². The molecule has 0 bridgehead atoms. The molecule has 1 N–H and O–H groups in total. The molecular weight excluding hydrogens is 536 g/mol. The molecule has 1 aliphatic carbocycles. The number of pyridine rings is 1. The third-order valence-electron chi connectivity index (χ3n) is 8.11. The van der Waals surface area contributed by atoms with E-state index in [0.29, 0.717) is 12.3 Å². The van der Waals surface area contributed by atoms with Crippen LogP contribution in [0.25, 0.3) is 16.8 Å². The number of anilines is 1. The molecule has 3 heterocycles. The second-order valence-electron chi connectivity index (χ2n) is 10.8. The standard InChI is InChI=1S/C32H38N4O4S/c1-4-6-12-24-20-41-32(34-24)35-28(23-10-8-7-9-11-23)30(37)36-19-25(18-27(36)31(38)39-3)40-29-26-17-21(5-2)13-14-22(26)15-16-33-29/h4-5,13-17,20,23,25,27-28H,1-2,6-12,18-19H2,3H3,(H,34,35)/t25-,27+,28+/m1/s1. The van der Waals surface area contributed by atoms with Crippen LogP contribution in [0, 0.1) is 5.92 Å². The molecule has 1 aromatic carbocycles. The number of hydrogen-bond acceptors (Lipinski definition) is 8. The molecule has 1 aliphatic heterocycles. The monoisotopic (exact) mass is 574 g/mol. The predicted octanol–water partition coefficient (Wildman–Crippen LogP) is 6.04. The molecule has 0 unspecified atom stereocenters. The summed E-state index contributed by atoms with van der Waals surface area (Å²) in [7, 11) is 1.36. The Hall–Kier alpha value is -3.72. The zero-order valence-corrected chi connectivity index (χ0v) is 24.4. The molecule has 1 saturated carbocycles. The van der Waals surface area contributed by atoms with E-state index in [2.05, 4.69) is 23.5 Å². The Balaban J connectivity index is 1.39. The lowest BCUT2D eigenvalue weighted by molar-refractivity contribution is -0.151. The second-order valence-corrected chi connectivity index (χ2v) is 11.7. The lowest BCUT2D eigenvalue weighted by atomic mass is 9.83. The highest BCUT2D eigenvalue weighted by molar-refractivity contribution is 7.13. The maximum absolute atomic E-state index is 14.3. The van der Waals surface area contributed by atoms with Gasteiger partial charge in [-0.05, 0) is 54.7 Å². The van der Waals surface area contributed by atoms with Gasteiger partial charge in [-0.3, -0.25) is 4.79 Å². The van der Waals surface area contributed by atoms with Crippen LogP contribution in [0.3, 0.4) is 0 Å². The number of hydrogen-bond donors (Lipinski definition) is 1. The Morgan fingerprint density at radius 1 is 1.22 bits per heavy atom. The summed E-state index contributed by atoms with van der Waals surface area (Å²) in [5, 5.41) is 8.09. The number of allylic oxidation sites excluding steroid dienone is 1. The van der Waals surface area contributed by atoms with Crippen molar-refractivity contribution in [2.75, 3.05) is 19.0 Å². The second kappa shape index (κ2) is 13.3. The number of thiazole rings is 1. The van der Waals surface area contributed by atoms with Crippen LogP contribution in [0.5, 0.6) is 5.88 Å². The number of likely N-dealkylation sites (tertiary alicyclic amines) is 1. The number of ether oxygens (including phenoxy) is 2. The number of benzene rings is 1. The number of carbonyl (C=O) groups excluding carboxylic acids is 2. The van der Waals surface area contributed by atoms with Gasteiger partial charge >= 0.3 is 5.97 Å². The van der Waals surface area contributed by atoms with E-state index in [0.717, 1.165) is 65.7 Å². The van der Waals surface area contributed by atoms with Gasteiger partial charge in [0, 0.05) is 23.4 Å². The third-order valence-corrected chi connectivity index (χ3v) is 8.93. The molecule has 5 rings (SSSR count). The number of fused-ring (bicyclic) bond motifs is 1. The van der Waals surface area contributed by atoms with E-state index >= 15 is 0 Å². The van der Waals surface area contributed by atoms with Crippen molar-refractivity contribution in [1.29, 1.82) is 0 Å². The van der Waals surface area contributed by atoms with Crippen molar-refractivity contribution in [2.45, 2.75) is 69.6 Å². The molecule has 2 aliphatic rings. The van der Waals surface area contributed by atoms with Gasteiger partial charge in [-0.25, -0.2) is 14.8 Å². The van der Waals surface area contributed by atoms with Crippen molar-refractivity contribution < 1.29 is 19.1 Å². The molecule has 3 aromatic rings. The molecule has 216 valence electrons. The summed E-state index contributed by atoms with van der Waals surface area (Å²) in [5.41, 5.74) is 1.94. The summed E-state index contributed by atoms with van der Waals surface area (Å²) in [4.78, 5) is 38.1. The summed E-state index contributed by atoms with van der Waals surface area (Å²) >= 11 is 1.51. The fourth-order valence-corrected chi connectivity index (χ4v) is 6.71. The van der Waals surface area contributed by atoms with E-state index in [1.807, 2.05) is 35.7 Å². The Labute approximate surface area is 245 Å². The Kier molecular flexibility index (Phi) is 9.34. The number of aromatic nitrogens is 2. The lowest BCUT2D eigenvalue weighted by Crippen LogP contribution is -2.51. The number of amides is 1. The largest absolute Gasteiger partial charge is 0.472 e. The fourth-order valence-electron chi connectivity index (χ4n) is 5.92. The fraction of sp³-hybridized carbons (Fsp3) is 0.438. The van der Waals surface area contributed by atoms with Crippen LogP contribution in [0.1, 0.15) is 56.2 Å². The molecule has 3 atom stereocenters. The van der Waals surface area contributed by atoms with E-state index in [4.69, 9.17) is 14.5 Å². The van der Waals surface area contributed by atoms with E-state index in [1.165, 1.54) is 24.9 Å². The minimum Gasteiger partial charge on any atom is -0.472 e. The van der Waals surface area contributed by atoms with E-state index in [-0.39, 0.29) is 18.4 Å². The van der Waals surface area contributed by atoms with Crippen LogP contribution < -0.4 is 10.1 Å². The third kappa shape index (κ3) is 6.62. The molecule has 2 aromatic heterocycles. The highest BCUT2D eigenvalue weighted by Crippen LogP contribution is 2.34. The molecule has 0 radical (unpaired) electrons. The van der Waals surface area contributed by atoms with Crippen LogP contribution in [-0.4, -0.2) is 58.6 Å². The smallest absolute Gasteiger partial charge is 0.328 e. The average molecular weight is 575 g/mol. The SMILES string of the molecule is C=CCCc1csc(N[C@H](C(=O)N2C[C@H](Oc3nccc4ccc(C=C)cc34)C[C@H]2C(=O)OC)C2CCCCC2)n1. The van der Waals surface area contributed by atoms with Gasteiger partial charge in [-0.1, -0.05) is 50.1 Å². The maximum Gasteiger partial charge on any atom is 0.328 e. The number of nitrogens with zero attached hydrogens (tertiary/aromatic N) is 3. The van der Waals surface area contributed by atoms with Crippen LogP contribution in [0.4, 0.5) is 5.13 Å². The summed E-state index contributed by atoms with van der Waals surface area (Å²) in [6.45, 7) is 7.93. The average Bonchev–Trinajstić information content (AvgIpc) is 3.65. The molecule has 1 amide bonds. The normalized spacial score (nSPS) is 20.0. The van der Waals surface area contributed by atoms with E-state index in [9.17, 15) is 9.59 Å². The molecule has 41 heavy (non-hydrogen) atoms. The Morgan fingerprint density at radius 3 is 2.80 bits per heavy atom. The number of aryl methyl sites for hydroxylation is 1. The van der Waals surface area contributed by atoms with E-state index < -0.39 is 24.2 Å². The predicted molar refractivity (Wildman–Crippen MR) is 163 cm³/mol. The van der Waals surface area contributed by atoms with Crippen LogP contribution in [-0.2, 0) is 20.7 Å². The van der Waals surface area contributed by atoms with Gasteiger partial charge < -0.3 is 19.7 Å². The zero-order valence-electron chi connectivity index (χ0n) is 23.6. The zero-order chi connectivity index (χ0) is 28.8. The van der Waals surface area contributed by atoms with Crippen molar-refractivity contribution >= 4 is 45.2 Å². The molecule has 1 saturated heterocycles. The van der Waals surface area contributed by atoms with Crippen molar-refractivity contribution in [1.82, 2.24) is 14.9 Å². The summed E-state index contributed by atoms with van der Waals surface area (Å²) in [6.07, 6.45) is 12.2. The molecule has 0 spiro atoms.